The lowest BCUT2D eigenvalue weighted by Gasteiger charge is -2.39. The maximum Gasteiger partial charge on any atom is 0.352 e. The largest absolute Gasteiger partial charge is 0.477 e. The summed E-state index contributed by atoms with van der Waals surface area (Å²) in [6.45, 7) is 3.88. The molecular weight excluding hydrogens is 256 g/mol. The third-order valence-electron chi connectivity index (χ3n) is 4.60. The Labute approximate surface area is 119 Å². The Morgan fingerprint density at radius 3 is 2.50 bits per heavy atom. The van der Waals surface area contributed by atoms with E-state index in [2.05, 4.69) is 4.90 Å². The molecule has 0 aromatic carbocycles. The standard InChI is InChI=1S/C15H22N2O3/c18-15(19)14-2-1-7-17(14)13-3-8-16(9-4-13)12-5-10-20-11-6-12/h1-2,7,12-13H,3-6,8-11H2,(H,18,19). The number of hydrogen-bond acceptors (Lipinski definition) is 3. The minimum Gasteiger partial charge on any atom is -0.477 e. The fourth-order valence-corrected chi connectivity index (χ4v) is 3.47. The van der Waals surface area contributed by atoms with Crippen molar-refractivity contribution in [2.24, 2.45) is 0 Å². The van der Waals surface area contributed by atoms with Gasteiger partial charge in [0, 0.05) is 44.6 Å². The van der Waals surface area contributed by atoms with Gasteiger partial charge in [-0.1, -0.05) is 0 Å². The van der Waals surface area contributed by atoms with E-state index in [0.29, 0.717) is 17.8 Å². The summed E-state index contributed by atoms with van der Waals surface area (Å²) in [5.41, 5.74) is 0.412. The summed E-state index contributed by atoms with van der Waals surface area (Å²) in [6.07, 6.45) is 6.24. The fourth-order valence-electron chi connectivity index (χ4n) is 3.47. The molecule has 5 heteroatoms. The van der Waals surface area contributed by atoms with Crippen molar-refractivity contribution in [1.82, 2.24) is 9.47 Å². The second-order valence-corrected chi connectivity index (χ2v) is 5.72. The first-order valence-corrected chi connectivity index (χ1v) is 7.47. The quantitative estimate of drug-likeness (QED) is 0.919. The van der Waals surface area contributed by atoms with E-state index in [9.17, 15) is 9.90 Å². The zero-order valence-corrected chi connectivity index (χ0v) is 11.7. The van der Waals surface area contributed by atoms with Gasteiger partial charge in [0.2, 0.25) is 0 Å². The Bertz CT molecular complexity index is 457. The zero-order valence-electron chi connectivity index (χ0n) is 11.7. The fraction of sp³-hybridized carbons (Fsp3) is 0.667. The Morgan fingerprint density at radius 1 is 1.15 bits per heavy atom. The molecule has 3 heterocycles. The third kappa shape index (κ3) is 2.74. The van der Waals surface area contributed by atoms with Crippen LogP contribution in [0.25, 0.3) is 0 Å². The highest BCUT2D eigenvalue weighted by atomic mass is 16.5. The van der Waals surface area contributed by atoms with Gasteiger partial charge < -0.3 is 19.3 Å². The van der Waals surface area contributed by atoms with Crippen molar-refractivity contribution in [1.29, 1.82) is 0 Å². The van der Waals surface area contributed by atoms with E-state index < -0.39 is 5.97 Å². The number of carboxylic acid groups (broad SMARTS) is 1. The summed E-state index contributed by atoms with van der Waals surface area (Å²) in [4.78, 5) is 13.8. The number of ether oxygens (including phenoxy) is 1. The molecule has 0 aliphatic carbocycles. The van der Waals surface area contributed by atoms with Crippen LogP contribution < -0.4 is 0 Å². The van der Waals surface area contributed by atoms with Gasteiger partial charge in [0.1, 0.15) is 5.69 Å². The van der Waals surface area contributed by atoms with E-state index in [0.717, 1.165) is 52.0 Å². The number of piperidine rings is 1. The van der Waals surface area contributed by atoms with Crippen LogP contribution in [0.15, 0.2) is 18.3 Å². The minimum absolute atomic E-state index is 0.326. The third-order valence-corrected chi connectivity index (χ3v) is 4.60. The highest BCUT2D eigenvalue weighted by Crippen LogP contribution is 2.27. The first kappa shape index (κ1) is 13.6. The molecule has 2 aliphatic rings. The van der Waals surface area contributed by atoms with Crippen LogP contribution in [0.2, 0.25) is 0 Å². The van der Waals surface area contributed by atoms with E-state index >= 15 is 0 Å². The summed E-state index contributed by atoms with van der Waals surface area (Å²) in [7, 11) is 0. The minimum atomic E-state index is -0.832. The zero-order chi connectivity index (χ0) is 13.9. The summed E-state index contributed by atoms with van der Waals surface area (Å²) in [5.74, 6) is -0.832. The number of likely N-dealkylation sites (tertiary alicyclic amines) is 1. The summed E-state index contributed by atoms with van der Waals surface area (Å²) >= 11 is 0. The molecule has 5 nitrogen and oxygen atoms in total. The van der Waals surface area contributed by atoms with Crippen LogP contribution in [0.4, 0.5) is 0 Å². The molecular formula is C15H22N2O3. The number of rotatable bonds is 3. The number of carbonyl (C=O) groups is 1. The van der Waals surface area contributed by atoms with E-state index in [1.165, 1.54) is 0 Å². The molecule has 0 radical (unpaired) electrons. The molecule has 2 saturated heterocycles. The molecule has 2 aliphatic heterocycles. The van der Waals surface area contributed by atoms with Gasteiger partial charge in [-0.15, -0.1) is 0 Å². The Balaban J connectivity index is 1.60. The average molecular weight is 278 g/mol. The van der Waals surface area contributed by atoms with E-state index in [1.807, 2.05) is 16.8 Å². The topological polar surface area (TPSA) is 54.7 Å². The number of aromatic nitrogens is 1. The van der Waals surface area contributed by atoms with Gasteiger partial charge in [-0.3, -0.25) is 0 Å². The van der Waals surface area contributed by atoms with Crippen molar-refractivity contribution in [3.63, 3.8) is 0 Å². The molecule has 0 spiro atoms. The van der Waals surface area contributed by atoms with Gasteiger partial charge in [-0.05, 0) is 37.8 Å². The monoisotopic (exact) mass is 278 g/mol. The van der Waals surface area contributed by atoms with Crippen molar-refractivity contribution in [3.8, 4) is 0 Å². The molecule has 110 valence electrons. The maximum absolute atomic E-state index is 11.2. The van der Waals surface area contributed by atoms with Crippen LogP contribution in [0.3, 0.4) is 0 Å². The van der Waals surface area contributed by atoms with E-state index in [-0.39, 0.29) is 0 Å². The molecule has 0 atom stereocenters. The number of aromatic carboxylic acids is 1. The van der Waals surface area contributed by atoms with Crippen LogP contribution in [-0.4, -0.2) is 52.9 Å². The second-order valence-electron chi connectivity index (χ2n) is 5.72. The van der Waals surface area contributed by atoms with Crippen molar-refractivity contribution in [3.05, 3.63) is 24.0 Å². The molecule has 1 aromatic heterocycles. The normalized spacial score (nSPS) is 23.0. The van der Waals surface area contributed by atoms with Gasteiger partial charge in [0.05, 0.1) is 0 Å². The number of carboxylic acids is 1. The summed E-state index contributed by atoms with van der Waals surface area (Å²) in [5, 5.41) is 9.20. The second kappa shape index (κ2) is 5.97. The average Bonchev–Trinajstić information content (AvgIpc) is 2.98. The van der Waals surface area contributed by atoms with Crippen LogP contribution in [-0.2, 0) is 4.74 Å². The Kier molecular flexibility index (Phi) is 4.08. The first-order chi connectivity index (χ1) is 9.75. The highest BCUT2D eigenvalue weighted by molar-refractivity contribution is 5.85. The molecule has 1 N–H and O–H groups in total. The molecule has 0 unspecified atom stereocenters. The number of hydrogen-bond donors (Lipinski definition) is 1. The van der Waals surface area contributed by atoms with Crippen LogP contribution in [0.1, 0.15) is 42.2 Å². The molecule has 0 saturated carbocycles. The highest BCUT2D eigenvalue weighted by Gasteiger charge is 2.28. The van der Waals surface area contributed by atoms with Crippen molar-refractivity contribution in [2.45, 2.75) is 37.8 Å². The lowest BCUT2D eigenvalue weighted by Crippen LogP contribution is -2.44. The SMILES string of the molecule is O=C(O)c1cccn1C1CCN(C2CCOCC2)CC1. The van der Waals surface area contributed by atoms with Gasteiger partial charge in [0.25, 0.3) is 0 Å². The van der Waals surface area contributed by atoms with Crippen molar-refractivity contribution < 1.29 is 14.6 Å². The summed E-state index contributed by atoms with van der Waals surface area (Å²) in [6, 6.07) is 4.50. The lowest BCUT2D eigenvalue weighted by molar-refractivity contribution is 0.0216. The van der Waals surface area contributed by atoms with Crippen molar-refractivity contribution in [2.75, 3.05) is 26.3 Å². The lowest BCUT2D eigenvalue weighted by atomic mass is 9.99. The van der Waals surface area contributed by atoms with Crippen LogP contribution in [0, 0.1) is 0 Å². The Hall–Kier alpha value is -1.33. The van der Waals surface area contributed by atoms with Gasteiger partial charge in [-0.2, -0.15) is 0 Å². The predicted octanol–water partition coefficient (Wildman–Crippen LogP) is 2.00. The summed E-state index contributed by atoms with van der Waals surface area (Å²) < 4.78 is 7.35. The van der Waals surface area contributed by atoms with E-state index in [1.54, 1.807) is 6.07 Å². The maximum atomic E-state index is 11.2. The first-order valence-electron chi connectivity index (χ1n) is 7.47. The van der Waals surface area contributed by atoms with Crippen molar-refractivity contribution >= 4 is 5.97 Å². The Morgan fingerprint density at radius 2 is 1.85 bits per heavy atom. The van der Waals surface area contributed by atoms with Gasteiger partial charge >= 0.3 is 5.97 Å². The molecule has 2 fully saturated rings. The predicted molar refractivity (Wildman–Crippen MR) is 75.1 cm³/mol. The molecule has 0 amide bonds. The van der Waals surface area contributed by atoms with Gasteiger partial charge in [0.15, 0.2) is 0 Å². The van der Waals surface area contributed by atoms with Crippen LogP contribution in [0.5, 0.6) is 0 Å². The van der Waals surface area contributed by atoms with Gasteiger partial charge in [-0.25, -0.2) is 4.79 Å². The van der Waals surface area contributed by atoms with Crippen LogP contribution >= 0.6 is 0 Å². The molecule has 0 bridgehead atoms. The smallest absolute Gasteiger partial charge is 0.352 e. The molecule has 20 heavy (non-hydrogen) atoms. The molecule has 1 aromatic rings. The van der Waals surface area contributed by atoms with E-state index in [4.69, 9.17) is 4.74 Å². The molecule has 3 rings (SSSR count). The number of nitrogens with zero attached hydrogens (tertiary/aromatic N) is 2.